The Labute approximate surface area is 147 Å². The van der Waals surface area contributed by atoms with Crippen LogP contribution in [-0.4, -0.2) is 58.0 Å². The Kier molecular flexibility index (Phi) is 6.01. The second-order valence-corrected chi connectivity index (χ2v) is 7.07. The zero-order valence-electron chi connectivity index (χ0n) is 14.1. The van der Waals surface area contributed by atoms with Crippen LogP contribution in [0.5, 0.6) is 0 Å². The maximum absolute atomic E-state index is 12.1. The average Bonchev–Trinajstić information content (AvgIpc) is 3.26. The summed E-state index contributed by atoms with van der Waals surface area (Å²) < 4.78 is 2.18. The summed E-state index contributed by atoms with van der Waals surface area (Å²) in [6, 6.07) is 4.05. The molecule has 1 saturated heterocycles. The van der Waals surface area contributed by atoms with Crippen LogP contribution in [0, 0.1) is 0 Å². The van der Waals surface area contributed by atoms with E-state index < -0.39 is 0 Å². The monoisotopic (exact) mass is 347 g/mol. The number of nitrogens with one attached hydrogen (secondary N) is 1. The lowest BCUT2D eigenvalue weighted by atomic mass is 10.3. The fraction of sp³-hybridized carbons (Fsp3) is 0.529. The maximum Gasteiger partial charge on any atom is 0.234 e. The van der Waals surface area contributed by atoms with Gasteiger partial charge in [-0.15, -0.1) is 11.3 Å². The Morgan fingerprint density at radius 1 is 1.29 bits per heavy atom. The van der Waals surface area contributed by atoms with E-state index in [-0.39, 0.29) is 5.91 Å². The summed E-state index contributed by atoms with van der Waals surface area (Å²) in [5.74, 6) is 1.23. The second-order valence-electron chi connectivity index (χ2n) is 6.04. The molecule has 3 heterocycles. The number of imidazole rings is 1. The van der Waals surface area contributed by atoms with Crippen LogP contribution >= 0.6 is 11.3 Å². The number of carbonyl (C=O) groups excluding carboxylic acids is 1. The third-order valence-corrected chi connectivity index (χ3v) is 5.26. The van der Waals surface area contributed by atoms with Crippen molar-refractivity contribution < 1.29 is 4.79 Å². The molecule has 0 atom stereocenters. The van der Waals surface area contributed by atoms with Gasteiger partial charge in [0.15, 0.2) is 0 Å². The molecular weight excluding hydrogens is 322 g/mol. The number of hydrogen-bond acceptors (Lipinski definition) is 5. The van der Waals surface area contributed by atoms with Crippen LogP contribution in [0.1, 0.15) is 17.6 Å². The van der Waals surface area contributed by atoms with E-state index in [2.05, 4.69) is 31.6 Å². The third-order valence-electron chi connectivity index (χ3n) is 4.38. The van der Waals surface area contributed by atoms with Gasteiger partial charge in [-0.2, -0.15) is 0 Å². The van der Waals surface area contributed by atoms with E-state index in [4.69, 9.17) is 0 Å². The Bertz CT molecular complexity index is 631. The van der Waals surface area contributed by atoms with E-state index in [9.17, 15) is 4.79 Å². The summed E-state index contributed by atoms with van der Waals surface area (Å²) in [7, 11) is 0. The average molecular weight is 347 g/mol. The minimum absolute atomic E-state index is 0.110. The molecule has 7 heteroatoms. The van der Waals surface area contributed by atoms with Crippen LogP contribution in [-0.2, 0) is 24.4 Å². The molecule has 24 heavy (non-hydrogen) atoms. The smallest absolute Gasteiger partial charge is 0.234 e. The third kappa shape index (κ3) is 4.66. The lowest BCUT2D eigenvalue weighted by Gasteiger charge is -2.34. The van der Waals surface area contributed by atoms with E-state index in [1.165, 1.54) is 4.88 Å². The largest absolute Gasteiger partial charge is 0.350 e. The molecular formula is C17H25N5OS. The summed E-state index contributed by atoms with van der Waals surface area (Å²) in [5, 5.41) is 5.03. The van der Waals surface area contributed by atoms with Crippen molar-refractivity contribution >= 4 is 17.2 Å². The van der Waals surface area contributed by atoms with Crippen molar-refractivity contribution in [1.82, 2.24) is 24.7 Å². The lowest BCUT2D eigenvalue weighted by Crippen LogP contribution is -2.49. The minimum atomic E-state index is 0.110. The van der Waals surface area contributed by atoms with E-state index >= 15 is 0 Å². The Hall–Kier alpha value is -1.70. The van der Waals surface area contributed by atoms with Crippen LogP contribution in [0.4, 0.5) is 0 Å². The summed E-state index contributed by atoms with van der Waals surface area (Å²) >= 11 is 1.67. The van der Waals surface area contributed by atoms with Crippen LogP contribution in [0.15, 0.2) is 29.9 Å². The Morgan fingerprint density at radius 3 is 2.79 bits per heavy atom. The molecule has 1 aliphatic rings. The molecule has 0 spiro atoms. The topological polar surface area (TPSA) is 53.4 Å². The summed E-state index contributed by atoms with van der Waals surface area (Å²) in [6.45, 7) is 8.93. The number of piperazine rings is 1. The van der Waals surface area contributed by atoms with E-state index in [0.29, 0.717) is 13.1 Å². The predicted molar refractivity (Wildman–Crippen MR) is 95.8 cm³/mol. The molecule has 2 aromatic rings. The van der Waals surface area contributed by atoms with Gasteiger partial charge in [-0.25, -0.2) is 4.98 Å². The van der Waals surface area contributed by atoms with Gasteiger partial charge in [0.1, 0.15) is 5.82 Å². The van der Waals surface area contributed by atoms with Crippen molar-refractivity contribution in [1.29, 1.82) is 0 Å². The molecule has 0 aromatic carbocycles. The number of nitrogens with zero attached hydrogens (tertiary/aromatic N) is 4. The number of rotatable bonds is 7. The molecule has 3 rings (SSSR count). The fourth-order valence-corrected chi connectivity index (χ4v) is 3.59. The lowest BCUT2D eigenvalue weighted by molar-refractivity contribution is -0.122. The standard InChI is InChI=1S/C17H25N5OS/c1-2-22-6-5-18-16(22)13-20-7-9-21(10-8-20)14-17(23)19-12-15-4-3-11-24-15/h3-6,11H,2,7-10,12-14H2,1H3,(H,19,23). The first kappa shape index (κ1) is 17.1. The summed E-state index contributed by atoms with van der Waals surface area (Å²) in [6.07, 6.45) is 3.90. The Balaban J connectivity index is 1.38. The SMILES string of the molecule is CCn1ccnc1CN1CCN(CC(=O)NCc2cccs2)CC1. The first-order valence-electron chi connectivity index (χ1n) is 8.48. The number of amides is 1. The number of carbonyl (C=O) groups is 1. The molecule has 0 bridgehead atoms. The van der Waals surface area contributed by atoms with Gasteiger partial charge in [0.25, 0.3) is 0 Å². The highest BCUT2D eigenvalue weighted by atomic mass is 32.1. The van der Waals surface area contributed by atoms with Gasteiger partial charge in [-0.1, -0.05) is 6.07 Å². The molecule has 0 radical (unpaired) electrons. The molecule has 1 fully saturated rings. The number of aryl methyl sites for hydroxylation is 1. The molecule has 2 aromatic heterocycles. The number of thiophene rings is 1. The highest BCUT2D eigenvalue weighted by Gasteiger charge is 2.20. The molecule has 0 aliphatic carbocycles. The summed E-state index contributed by atoms with van der Waals surface area (Å²) in [4.78, 5) is 22.3. The first-order chi connectivity index (χ1) is 11.7. The Morgan fingerprint density at radius 2 is 2.08 bits per heavy atom. The molecule has 1 aliphatic heterocycles. The van der Waals surface area contributed by atoms with Gasteiger partial charge in [-0.3, -0.25) is 14.6 Å². The van der Waals surface area contributed by atoms with Crippen LogP contribution < -0.4 is 5.32 Å². The van der Waals surface area contributed by atoms with Gasteiger partial charge in [0.2, 0.25) is 5.91 Å². The second kappa shape index (κ2) is 8.41. The van der Waals surface area contributed by atoms with Crippen LogP contribution in [0.2, 0.25) is 0 Å². The van der Waals surface area contributed by atoms with Gasteiger partial charge in [0, 0.05) is 50.0 Å². The van der Waals surface area contributed by atoms with Gasteiger partial charge in [0.05, 0.1) is 19.6 Å². The molecule has 0 unspecified atom stereocenters. The van der Waals surface area contributed by atoms with Gasteiger partial charge < -0.3 is 9.88 Å². The molecule has 6 nitrogen and oxygen atoms in total. The van der Waals surface area contributed by atoms with E-state index in [0.717, 1.165) is 45.1 Å². The predicted octanol–water partition coefficient (Wildman–Crippen LogP) is 1.40. The normalized spacial score (nSPS) is 16.4. The molecule has 1 amide bonds. The highest BCUT2D eigenvalue weighted by molar-refractivity contribution is 7.09. The molecule has 0 saturated carbocycles. The molecule has 1 N–H and O–H groups in total. The van der Waals surface area contributed by atoms with Crippen molar-refractivity contribution in [3.8, 4) is 0 Å². The highest BCUT2D eigenvalue weighted by Crippen LogP contribution is 2.09. The summed E-state index contributed by atoms with van der Waals surface area (Å²) in [5.41, 5.74) is 0. The van der Waals surface area contributed by atoms with Crippen LogP contribution in [0.3, 0.4) is 0 Å². The maximum atomic E-state index is 12.1. The van der Waals surface area contributed by atoms with Crippen molar-refractivity contribution in [2.45, 2.75) is 26.6 Å². The number of hydrogen-bond donors (Lipinski definition) is 1. The zero-order chi connectivity index (χ0) is 16.8. The molecule has 130 valence electrons. The first-order valence-corrected chi connectivity index (χ1v) is 9.36. The number of aromatic nitrogens is 2. The fourth-order valence-electron chi connectivity index (χ4n) is 2.94. The van der Waals surface area contributed by atoms with Crippen molar-refractivity contribution in [2.24, 2.45) is 0 Å². The van der Waals surface area contributed by atoms with Crippen molar-refractivity contribution in [3.63, 3.8) is 0 Å². The van der Waals surface area contributed by atoms with E-state index in [1.807, 2.05) is 29.9 Å². The van der Waals surface area contributed by atoms with Crippen LogP contribution in [0.25, 0.3) is 0 Å². The van der Waals surface area contributed by atoms with Gasteiger partial charge in [-0.05, 0) is 18.4 Å². The van der Waals surface area contributed by atoms with Crippen molar-refractivity contribution in [3.05, 3.63) is 40.6 Å². The quantitative estimate of drug-likeness (QED) is 0.823. The minimum Gasteiger partial charge on any atom is -0.350 e. The van der Waals surface area contributed by atoms with Crippen molar-refractivity contribution in [2.75, 3.05) is 32.7 Å². The zero-order valence-corrected chi connectivity index (χ0v) is 15.0. The van der Waals surface area contributed by atoms with Gasteiger partial charge >= 0.3 is 0 Å². The van der Waals surface area contributed by atoms with E-state index in [1.54, 1.807) is 11.3 Å².